The third-order valence-corrected chi connectivity index (χ3v) is 5.15. The molecule has 1 aromatic rings. The SMILES string of the molecule is CCNC(=O)CCC/C=C\C[C@H]1C(=O)C=C[C@@H]1/C=C/[C@@H](O)CCc1ccccc1. The lowest BCUT2D eigenvalue weighted by atomic mass is 9.90. The number of hydrogen-bond donors (Lipinski definition) is 2. The highest BCUT2D eigenvalue weighted by Crippen LogP contribution is 2.27. The van der Waals surface area contributed by atoms with Crippen molar-refractivity contribution in [3.63, 3.8) is 0 Å². The van der Waals surface area contributed by atoms with Crippen LogP contribution in [0.25, 0.3) is 0 Å². The van der Waals surface area contributed by atoms with Crippen molar-refractivity contribution in [1.82, 2.24) is 5.32 Å². The van der Waals surface area contributed by atoms with Crippen LogP contribution >= 0.6 is 0 Å². The van der Waals surface area contributed by atoms with Crippen LogP contribution in [0.4, 0.5) is 0 Å². The molecule has 156 valence electrons. The Kier molecular flexibility index (Phi) is 10.1. The molecule has 2 rings (SSSR count). The topological polar surface area (TPSA) is 66.4 Å². The molecule has 2 N–H and O–H groups in total. The van der Waals surface area contributed by atoms with Gasteiger partial charge in [-0.25, -0.2) is 0 Å². The third kappa shape index (κ3) is 8.61. The van der Waals surface area contributed by atoms with Crippen molar-refractivity contribution in [3.05, 3.63) is 72.4 Å². The number of carbonyl (C=O) groups excluding carboxylic acids is 2. The first-order valence-electron chi connectivity index (χ1n) is 10.6. The molecular formula is C25H33NO3. The fourth-order valence-corrected chi connectivity index (χ4v) is 3.46. The Balaban J connectivity index is 1.72. The summed E-state index contributed by atoms with van der Waals surface area (Å²) in [6.45, 7) is 2.58. The second-order valence-corrected chi connectivity index (χ2v) is 7.47. The molecule has 29 heavy (non-hydrogen) atoms. The molecule has 0 fully saturated rings. The van der Waals surface area contributed by atoms with Crippen molar-refractivity contribution in [3.8, 4) is 0 Å². The molecule has 0 aliphatic heterocycles. The van der Waals surface area contributed by atoms with Gasteiger partial charge in [0.05, 0.1) is 6.10 Å². The smallest absolute Gasteiger partial charge is 0.219 e. The molecule has 1 amide bonds. The fourth-order valence-electron chi connectivity index (χ4n) is 3.46. The van der Waals surface area contributed by atoms with E-state index in [1.54, 1.807) is 6.08 Å². The Bertz CT molecular complexity index is 721. The van der Waals surface area contributed by atoms with Crippen molar-refractivity contribution in [2.75, 3.05) is 6.54 Å². The summed E-state index contributed by atoms with van der Waals surface area (Å²) in [5.41, 5.74) is 1.21. The molecular weight excluding hydrogens is 362 g/mol. The maximum Gasteiger partial charge on any atom is 0.219 e. The average Bonchev–Trinajstić information content (AvgIpc) is 3.08. The molecule has 1 aromatic carbocycles. The predicted octanol–water partition coefficient (Wildman–Crippen LogP) is 4.16. The number of hydrogen-bond acceptors (Lipinski definition) is 3. The van der Waals surface area contributed by atoms with Gasteiger partial charge >= 0.3 is 0 Å². The van der Waals surface area contributed by atoms with Crippen LogP contribution in [0.15, 0.2) is 66.8 Å². The van der Waals surface area contributed by atoms with Gasteiger partial charge in [0.2, 0.25) is 5.91 Å². The van der Waals surface area contributed by atoms with Crippen LogP contribution in [0.2, 0.25) is 0 Å². The lowest BCUT2D eigenvalue weighted by molar-refractivity contribution is -0.121. The molecule has 0 aromatic heterocycles. The first-order valence-corrected chi connectivity index (χ1v) is 10.6. The Labute approximate surface area is 174 Å². The minimum atomic E-state index is -0.509. The van der Waals surface area contributed by atoms with Gasteiger partial charge in [-0.05, 0) is 50.7 Å². The number of rotatable bonds is 12. The summed E-state index contributed by atoms with van der Waals surface area (Å²) in [5, 5.41) is 13.0. The number of unbranched alkanes of at least 4 members (excludes halogenated alkanes) is 1. The number of aliphatic hydroxyl groups is 1. The van der Waals surface area contributed by atoms with Crippen LogP contribution in [0.1, 0.15) is 44.6 Å². The number of ketones is 1. The van der Waals surface area contributed by atoms with Crippen molar-refractivity contribution >= 4 is 11.7 Å². The summed E-state index contributed by atoms with van der Waals surface area (Å²) >= 11 is 0. The number of nitrogens with one attached hydrogen (secondary N) is 1. The Hall–Kier alpha value is -2.46. The average molecular weight is 396 g/mol. The highest BCUT2D eigenvalue weighted by Gasteiger charge is 2.27. The van der Waals surface area contributed by atoms with E-state index in [2.05, 4.69) is 23.5 Å². The second kappa shape index (κ2) is 12.9. The van der Waals surface area contributed by atoms with E-state index in [0.29, 0.717) is 25.8 Å². The zero-order valence-electron chi connectivity index (χ0n) is 17.3. The summed E-state index contributed by atoms with van der Waals surface area (Å²) in [6.07, 6.45) is 15.3. The van der Waals surface area contributed by atoms with Crippen LogP contribution in [0.3, 0.4) is 0 Å². The zero-order valence-corrected chi connectivity index (χ0v) is 17.3. The first kappa shape index (κ1) is 22.8. The number of aliphatic hydroxyl groups excluding tert-OH is 1. The summed E-state index contributed by atoms with van der Waals surface area (Å²) in [7, 11) is 0. The lowest BCUT2D eigenvalue weighted by Gasteiger charge is -2.13. The van der Waals surface area contributed by atoms with Gasteiger partial charge in [-0.3, -0.25) is 9.59 Å². The predicted molar refractivity (Wildman–Crippen MR) is 117 cm³/mol. The van der Waals surface area contributed by atoms with E-state index in [4.69, 9.17) is 0 Å². The van der Waals surface area contributed by atoms with E-state index >= 15 is 0 Å². The van der Waals surface area contributed by atoms with E-state index in [-0.39, 0.29) is 23.5 Å². The van der Waals surface area contributed by atoms with Gasteiger partial charge in [-0.15, -0.1) is 0 Å². The van der Waals surface area contributed by atoms with Gasteiger partial charge < -0.3 is 10.4 Å². The van der Waals surface area contributed by atoms with Crippen molar-refractivity contribution in [1.29, 1.82) is 0 Å². The number of amides is 1. The number of benzene rings is 1. The van der Waals surface area contributed by atoms with Crippen LogP contribution in [-0.4, -0.2) is 29.4 Å². The minimum Gasteiger partial charge on any atom is -0.389 e. The molecule has 4 heteroatoms. The molecule has 0 spiro atoms. The van der Waals surface area contributed by atoms with Crippen LogP contribution < -0.4 is 5.32 Å². The Morgan fingerprint density at radius 1 is 1.24 bits per heavy atom. The minimum absolute atomic E-state index is 0.0360. The molecule has 0 saturated carbocycles. The summed E-state index contributed by atoms with van der Waals surface area (Å²) in [5.74, 6) is 0.179. The van der Waals surface area contributed by atoms with E-state index in [9.17, 15) is 14.7 Å². The Morgan fingerprint density at radius 3 is 2.79 bits per heavy atom. The van der Waals surface area contributed by atoms with Crippen LogP contribution in [-0.2, 0) is 16.0 Å². The van der Waals surface area contributed by atoms with Crippen molar-refractivity contribution < 1.29 is 14.7 Å². The molecule has 3 atom stereocenters. The molecule has 1 aliphatic carbocycles. The van der Waals surface area contributed by atoms with Crippen molar-refractivity contribution in [2.24, 2.45) is 11.8 Å². The van der Waals surface area contributed by atoms with Gasteiger partial charge in [0.15, 0.2) is 5.78 Å². The number of carbonyl (C=O) groups is 2. The molecule has 0 saturated heterocycles. The maximum atomic E-state index is 12.2. The number of aryl methyl sites for hydroxylation is 1. The highest BCUT2D eigenvalue weighted by atomic mass is 16.3. The van der Waals surface area contributed by atoms with E-state index < -0.39 is 6.10 Å². The van der Waals surface area contributed by atoms with Crippen molar-refractivity contribution in [2.45, 2.75) is 51.6 Å². The molecule has 0 heterocycles. The van der Waals surface area contributed by atoms with Gasteiger partial charge in [0.25, 0.3) is 0 Å². The van der Waals surface area contributed by atoms with E-state index in [1.807, 2.05) is 49.4 Å². The Morgan fingerprint density at radius 2 is 2.03 bits per heavy atom. The van der Waals surface area contributed by atoms with E-state index in [1.165, 1.54) is 5.56 Å². The lowest BCUT2D eigenvalue weighted by Crippen LogP contribution is -2.21. The van der Waals surface area contributed by atoms with Gasteiger partial charge in [0.1, 0.15) is 0 Å². The third-order valence-electron chi connectivity index (χ3n) is 5.15. The quantitative estimate of drug-likeness (QED) is 0.412. The van der Waals surface area contributed by atoms with Crippen LogP contribution in [0, 0.1) is 11.8 Å². The molecule has 0 unspecified atom stereocenters. The second-order valence-electron chi connectivity index (χ2n) is 7.47. The fraction of sp³-hybridized carbons (Fsp3) is 0.440. The van der Waals surface area contributed by atoms with Crippen LogP contribution in [0.5, 0.6) is 0 Å². The van der Waals surface area contributed by atoms with Gasteiger partial charge in [0, 0.05) is 24.8 Å². The standard InChI is InChI=1S/C25H33NO3/c1-2-26-25(29)13-9-4-3-8-12-23-21(16-19-24(23)28)15-18-22(27)17-14-20-10-6-5-7-11-20/h3,5-8,10-11,15-16,18-19,21-23,27H,2,4,9,12-14,17H2,1H3,(H,26,29)/b8-3-,18-15+/t21-,22-,23+/m0/s1. The largest absolute Gasteiger partial charge is 0.389 e. The normalized spacial score (nSPS) is 20.0. The molecule has 1 aliphatic rings. The van der Waals surface area contributed by atoms with Gasteiger partial charge in [-0.1, -0.05) is 60.7 Å². The molecule has 4 nitrogen and oxygen atoms in total. The summed E-state index contributed by atoms with van der Waals surface area (Å²) in [6, 6.07) is 10.1. The van der Waals surface area contributed by atoms with E-state index in [0.717, 1.165) is 19.3 Å². The summed E-state index contributed by atoms with van der Waals surface area (Å²) in [4.78, 5) is 23.6. The first-order chi connectivity index (χ1) is 14.1. The molecule has 0 bridgehead atoms. The van der Waals surface area contributed by atoms with Gasteiger partial charge in [-0.2, -0.15) is 0 Å². The maximum absolute atomic E-state index is 12.2. The monoisotopic (exact) mass is 395 g/mol. The molecule has 0 radical (unpaired) electrons. The number of allylic oxidation sites excluding steroid dienone is 5. The zero-order chi connectivity index (χ0) is 20.9. The summed E-state index contributed by atoms with van der Waals surface area (Å²) < 4.78 is 0. The highest BCUT2D eigenvalue weighted by molar-refractivity contribution is 5.95.